The van der Waals surface area contributed by atoms with Gasteiger partial charge in [-0.15, -0.1) is 0 Å². The van der Waals surface area contributed by atoms with Gasteiger partial charge in [0, 0.05) is 16.7 Å². The summed E-state index contributed by atoms with van der Waals surface area (Å²) in [6, 6.07) is 1.24. The molecule has 0 unspecified atom stereocenters. The van der Waals surface area contributed by atoms with Crippen LogP contribution in [-0.2, 0) is 9.59 Å². The van der Waals surface area contributed by atoms with E-state index in [-0.39, 0.29) is 18.1 Å². The van der Waals surface area contributed by atoms with Crippen LogP contribution in [0.4, 0.5) is 11.5 Å². The molecule has 9 nitrogen and oxygen atoms in total. The Labute approximate surface area is 115 Å². The van der Waals surface area contributed by atoms with Gasteiger partial charge in [-0.2, -0.15) is 0 Å². The fraction of sp³-hybridized carbons (Fsp3) is 0.222. The molecule has 19 heavy (non-hydrogen) atoms. The average Bonchev–Trinajstić information content (AvgIpc) is 2.34. The van der Waals surface area contributed by atoms with Crippen LogP contribution < -0.4 is 10.6 Å². The maximum atomic E-state index is 11.2. The molecule has 1 heterocycles. The second kappa shape index (κ2) is 6.64. The number of carboxylic acid groups (broad SMARTS) is 1. The molecule has 102 valence electrons. The zero-order chi connectivity index (χ0) is 14.4. The Hall–Kier alpha value is -2.23. The number of halogens is 1. The first kappa shape index (κ1) is 14.8. The number of carboxylic acids is 1. The Bertz CT molecular complexity index is 521. The van der Waals surface area contributed by atoms with Gasteiger partial charge in [0.15, 0.2) is 0 Å². The first-order valence-electron chi connectivity index (χ1n) is 4.92. The number of pyridine rings is 1. The minimum Gasteiger partial charge on any atom is -0.480 e. The molecule has 0 bridgehead atoms. The molecule has 1 aromatic heterocycles. The first-order chi connectivity index (χ1) is 8.90. The number of hydrogen-bond donors (Lipinski definition) is 3. The largest absolute Gasteiger partial charge is 0.480 e. The molecule has 0 aliphatic rings. The van der Waals surface area contributed by atoms with Crippen molar-refractivity contribution >= 4 is 39.3 Å². The molecule has 0 aliphatic carbocycles. The zero-order valence-electron chi connectivity index (χ0n) is 9.42. The van der Waals surface area contributed by atoms with Crippen LogP contribution in [0.1, 0.15) is 0 Å². The van der Waals surface area contributed by atoms with E-state index in [1.54, 1.807) is 0 Å². The molecule has 0 saturated carbocycles. The lowest BCUT2D eigenvalue weighted by Crippen LogP contribution is -2.34. The third-order valence-electron chi connectivity index (χ3n) is 1.88. The number of nitro groups is 1. The van der Waals surface area contributed by atoms with Crippen LogP contribution in [0.5, 0.6) is 0 Å². The van der Waals surface area contributed by atoms with Crippen molar-refractivity contribution in [3.8, 4) is 0 Å². The van der Waals surface area contributed by atoms with E-state index in [2.05, 4.69) is 31.5 Å². The molecule has 1 aromatic rings. The SMILES string of the molecule is O=C(O)CNC(=O)CNc1ncc(Br)cc1[N+](=O)[O-]. The molecule has 1 amide bonds. The van der Waals surface area contributed by atoms with Gasteiger partial charge in [-0.3, -0.25) is 19.7 Å². The Morgan fingerprint density at radius 3 is 2.74 bits per heavy atom. The quantitative estimate of drug-likeness (QED) is 0.505. The van der Waals surface area contributed by atoms with Crippen LogP contribution in [0, 0.1) is 10.1 Å². The lowest BCUT2D eigenvalue weighted by molar-refractivity contribution is -0.384. The van der Waals surface area contributed by atoms with E-state index in [0.29, 0.717) is 4.47 Å². The molecule has 10 heteroatoms. The smallest absolute Gasteiger partial charge is 0.322 e. The van der Waals surface area contributed by atoms with E-state index in [1.807, 2.05) is 0 Å². The van der Waals surface area contributed by atoms with Crippen molar-refractivity contribution in [2.24, 2.45) is 0 Å². The molecule has 1 rings (SSSR count). The van der Waals surface area contributed by atoms with Crippen molar-refractivity contribution in [2.75, 3.05) is 18.4 Å². The molecular weight excluding hydrogens is 324 g/mol. The van der Waals surface area contributed by atoms with Crippen molar-refractivity contribution in [3.05, 3.63) is 26.9 Å². The normalized spacial score (nSPS) is 9.74. The van der Waals surface area contributed by atoms with Crippen LogP contribution >= 0.6 is 15.9 Å². The van der Waals surface area contributed by atoms with E-state index < -0.39 is 23.3 Å². The second-order valence-electron chi connectivity index (χ2n) is 3.30. The fourth-order valence-corrected chi connectivity index (χ4v) is 1.42. The summed E-state index contributed by atoms with van der Waals surface area (Å²) >= 11 is 3.05. The van der Waals surface area contributed by atoms with E-state index in [4.69, 9.17) is 5.11 Å². The zero-order valence-corrected chi connectivity index (χ0v) is 11.0. The number of aromatic nitrogens is 1. The summed E-state index contributed by atoms with van der Waals surface area (Å²) in [5.41, 5.74) is -0.291. The number of rotatable bonds is 6. The highest BCUT2D eigenvalue weighted by atomic mass is 79.9. The molecule has 0 radical (unpaired) electrons. The highest BCUT2D eigenvalue weighted by Crippen LogP contribution is 2.24. The Kier molecular flexibility index (Phi) is 5.18. The van der Waals surface area contributed by atoms with Gasteiger partial charge in [-0.25, -0.2) is 4.98 Å². The highest BCUT2D eigenvalue weighted by molar-refractivity contribution is 9.10. The van der Waals surface area contributed by atoms with Gasteiger partial charge in [0.1, 0.15) is 6.54 Å². The monoisotopic (exact) mass is 332 g/mol. The van der Waals surface area contributed by atoms with Crippen molar-refractivity contribution in [3.63, 3.8) is 0 Å². The van der Waals surface area contributed by atoms with Crippen molar-refractivity contribution in [1.82, 2.24) is 10.3 Å². The summed E-state index contributed by atoms with van der Waals surface area (Å²) in [5.74, 6) is -1.86. The molecule has 0 aliphatic heterocycles. The lowest BCUT2D eigenvalue weighted by atomic mass is 10.4. The lowest BCUT2D eigenvalue weighted by Gasteiger charge is -2.06. The van der Waals surface area contributed by atoms with Crippen molar-refractivity contribution in [2.45, 2.75) is 0 Å². The van der Waals surface area contributed by atoms with E-state index in [1.165, 1.54) is 12.3 Å². The van der Waals surface area contributed by atoms with E-state index in [0.717, 1.165) is 0 Å². The van der Waals surface area contributed by atoms with Crippen LogP contribution in [-0.4, -0.2) is 40.0 Å². The number of aliphatic carboxylic acids is 1. The van der Waals surface area contributed by atoms with Crippen LogP contribution in [0.3, 0.4) is 0 Å². The standard InChI is InChI=1S/C9H9BrN4O5/c10-5-1-6(14(18)19)9(12-2-5)13-3-7(15)11-4-8(16)17/h1-2H,3-4H2,(H,11,15)(H,12,13)(H,16,17). The number of carbonyl (C=O) groups excluding carboxylic acids is 1. The molecule has 0 atom stereocenters. The minimum absolute atomic E-state index is 0.0707. The topological polar surface area (TPSA) is 134 Å². The second-order valence-corrected chi connectivity index (χ2v) is 4.22. The summed E-state index contributed by atoms with van der Waals surface area (Å²) in [6.07, 6.45) is 1.34. The van der Waals surface area contributed by atoms with Gasteiger partial charge in [0.05, 0.1) is 11.5 Å². The van der Waals surface area contributed by atoms with Crippen LogP contribution in [0.15, 0.2) is 16.7 Å². The van der Waals surface area contributed by atoms with Gasteiger partial charge in [0.2, 0.25) is 11.7 Å². The van der Waals surface area contributed by atoms with Crippen molar-refractivity contribution in [1.29, 1.82) is 0 Å². The van der Waals surface area contributed by atoms with Gasteiger partial charge in [-0.05, 0) is 15.9 Å². The minimum atomic E-state index is -1.18. The third kappa shape index (κ3) is 4.87. The van der Waals surface area contributed by atoms with E-state index >= 15 is 0 Å². The number of hydrogen-bond acceptors (Lipinski definition) is 6. The number of carbonyl (C=O) groups is 2. The van der Waals surface area contributed by atoms with Gasteiger partial charge >= 0.3 is 11.7 Å². The summed E-state index contributed by atoms with van der Waals surface area (Å²) < 4.78 is 0.431. The Morgan fingerprint density at radius 2 is 2.16 bits per heavy atom. The number of nitrogens with zero attached hydrogens (tertiary/aromatic N) is 2. The van der Waals surface area contributed by atoms with Crippen molar-refractivity contribution < 1.29 is 19.6 Å². The first-order valence-corrected chi connectivity index (χ1v) is 5.71. The summed E-state index contributed by atoms with van der Waals surface area (Å²) in [4.78, 5) is 35.3. The van der Waals surface area contributed by atoms with E-state index in [9.17, 15) is 19.7 Å². The summed E-state index contributed by atoms with van der Waals surface area (Å²) in [5, 5.41) is 23.7. The fourth-order valence-electron chi connectivity index (χ4n) is 1.10. The molecule has 0 fully saturated rings. The van der Waals surface area contributed by atoms with Crippen LogP contribution in [0.25, 0.3) is 0 Å². The number of nitrogens with one attached hydrogen (secondary N) is 2. The summed E-state index contributed by atoms with van der Waals surface area (Å²) in [7, 11) is 0. The third-order valence-corrected chi connectivity index (χ3v) is 2.32. The molecule has 0 spiro atoms. The number of anilines is 1. The Morgan fingerprint density at radius 1 is 1.47 bits per heavy atom. The van der Waals surface area contributed by atoms with Gasteiger partial charge in [0.25, 0.3) is 0 Å². The molecule has 0 aromatic carbocycles. The van der Waals surface area contributed by atoms with Gasteiger partial charge < -0.3 is 15.7 Å². The Balaban J connectivity index is 2.65. The number of amides is 1. The average molecular weight is 333 g/mol. The maximum absolute atomic E-state index is 11.2. The molecular formula is C9H9BrN4O5. The maximum Gasteiger partial charge on any atom is 0.322 e. The predicted octanol–water partition coefficient (Wildman–Crippen LogP) is 0.365. The molecule has 0 saturated heterocycles. The predicted molar refractivity (Wildman–Crippen MR) is 67.7 cm³/mol. The molecule has 3 N–H and O–H groups in total. The highest BCUT2D eigenvalue weighted by Gasteiger charge is 2.16. The summed E-state index contributed by atoms with van der Waals surface area (Å²) in [6.45, 7) is -0.834. The van der Waals surface area contributed by atoms with Crippen LogP contribution in [0.2, 0.25) is 0 Å². The van der Waals surface area contributed by atoms with Gasteiger partial charge in [-0.1, -0.05) is 0 Å².